The van der Waals surface area contributed by atoms with Crippen LogP contribution in [0.5, 0.6) is 28.3 Å². The maximum absolute atomic E-state index is 13.0. The molecule has 224 valence electrons. The SMILES string of the molecule is COc1cc(OCc2cccc(CC(=O)c3ccc(Oc4ccccc4)nc3)c2)c2cc(-c3cn4nc(OC)sc4n3)oc2c1. The topological polar surface area (TPSA) is 110 Å². The molecule has 0 spiro atoms. The second-order valence-electron chi connectivity index (χ2n) is 10.1. The van der Waals surface area contributed by atoms with E-state index < -0.39 is 0 Å². The van der Waals surface area contributed by atoms with Crippen LogP contribution in [0.25, 0.3) is 27.4 Å². The largest absolute Gasteiger partial charge is 0.496 e. The molecule has 45 heavy (non-hydrogen) atoms. The molecule has 10 nitrogen and oxygen atoms in total. The van der Waals surface area contributed by atoms with Crippen molar-refractivity contribution in [3.63, 3.8) is 0 Å². The van der Waals surface area contributed by atoms with Crippen molar-refractivity contribution in [3.8, 4) is 39.8 Å². The number of furan rings is 1. The van der Waals surface area contributed by atoms with Gasteiger partial charge in [-0.25, -0.2) is 14.5 Å². The van der Waals surface area contributed by atoms with E-state index >= 15 is 0 Å². The average molecular weight is 619 g/mol. The number of benzene rings is 3. The van der Waals surface area contributed by atoms with Gasteiger partial charge in [0.15, 0.2) is 11.5 Å². The molecule has 4 aromatic heterocycles. The second kappa shape index (κ2) is 12.1. The lowest BCUT2D eigenvalue weighted by molar-refractivity contribution is 0.0992. The molecule has 0 saturated carbocycles. The van der Waals surface area contributed by atoms with Crippen molar-refractivity contribution in [3.05, 3.63) is 114 Å². The van der Waals surface area contributed by atoms with Gasteiger partial charge in [-0.1, -0.05) is 42.5 Å². The average Bonchev–Trinajstić information content (AvgIpc) is 3.78. The van der Waals surface area contributed by atoms with Gasteiger partial charge in [-0.3, -0.25) is 4.79 Å². The number of para-hydroxylation sites is 1. The Kier molecular flexibility index (Phi) is 7.58. The molecular formula is C34H26N4O6S. The maximum atomic E-state index is 13.0. The summed E-state index contributed by atoms with van der Waals surface area (Å²) in [7, 11) is 3.17. The standard InChI is InChI=1S/C34H26N4O6S/c1-40-25-15-29(26-17-31(44-30(26)16-25)27-19-38-33(36-27)45-34(37-38)41-2)42-20-22-8-6-7-21(13-22)14-28(39)23-11-12-32(35-18-23)43-24-9-4-3-5-10-24/h3-13,15-19H,14,20H2,1-2H3. The Balaban J connectivity index is 1.05. The van der Waals surface area contributed by atoms with Gasteiger partial charge in [0.1, 0.15) is 35.1 Å². The van der Waals surface area contributed by atoms with Gasteiger partial charge >= 0.3 is 0 Å². The number of imidazole rings is 1. The zero-order chi connectivity index (χ0) is 30.8. The number of Topliss-reactive ketones (excluding diaryl/α,β-unsaturated/α-hetero) is 1. The first-order valence-corrected chi connectivity index (χ1v) is 14.8. The molecule has 0 aliphatic carbocycles. The molecule has 0 atom stereocenters. The highest BCUT2D eigenvalue weighted by Gasteiger charge is 2.17. The smallest absolute Gasteiger partial charge is 0.294 e. The highest BCUT2D eigenvalue weighted by atomic mass is 32.1. The second-order valence-corrected chi connectivity index (χ2v) is 11.0. The molecule has 0 aliphatic rings. The van der Waals surface area contributed by atoms with Crippen LogP contribution in [0.4, 0.5) is 0 Å². The molecule has 0 radical (unpaired) electrons. The van der Waals surface area contributed by atoms with Crippen molar-refractivity contribution in [1.29, 1.82) is 0 Å². The Morgan fingerprint density at radius 2 is 1.78 bits per heavy atom. The number of hydrogen-bond acceptors (Lipinski definition) is 10. The summed E-state index contributed by atoms with van der Waals surface area (Å²) in [6.45, 7) is 0.280. The van der Waals surface area contributed by atoms with E-state index in [1.165, 1.54) is 11.3 Å². The van der Waals surface area contributed by atoms with Gasteiger partial charge in [-0.05, 0) is 46.7 Å². The normalized spacial score (nSPS) is 11.2. The lowest BCUT2D eigenvalue weighted by Crippen LogP contribution is -2.05. The van der Waals surface area contributed by atoms with Crippen LogP contribution in [0.3, 0.4) is 0 Å². The molecule has 0 aliphatic heterocycles. The van der Waals surface area contributed by atoms with Gasteiger partial charge in [-0.15, -0.1) is 5.10 Å². The maximum Gasteiger partial charge on any atom is 0.294 e. The van der Waals surface area contributed by atoms with Crippen molar-refractivity contribution in [2.24, 2.45) is 0 Å². The predicted molar refractivity (Wildman–Crippen MR) is 169 cm³/mol. The molecule has 0 bridgehead atoms. The highest BCUT2D eigenvalue weighted by Crippen LogP contribution is 2.37. The van der Waals surface area contributed by atoms with Crippen LogP contribution in [0, 0.1) is 0 Å². The molecule has 3 aromatic carbocycles. The summed E-state index contributed by atoms with van der Waals surface area (Å²) >= 11 is 1.34. The number of ketones is 1. The van der Waals surface area contributed by atoms with Crippen molar-refractivity contribution < 1.29 is 28.2 Å². The van der Waals surface area contributed by atoms with Crippen molar-refractivity contribution >= 4 is 33.1 Å². The van der Waals surface area contributed by atoms with E-state index in [-0.39, 0.29) is 18.8 Å². The molecule has 7 aromatic rings. The van der Waals surface area contributed by atoms with E-state index in [1.54, 1.807) is 43.3 Å². The van der Waals surface area contributed by atoms with Crippen LogP contribution >= 0.6 is 11.3 Å². The van der Waals surface area contributed by atoms with E-state index in [0.29, 0.717) is 55.9 Å². The minimum absolute atomic E-state index is 0.0416. The Morgan fingerprint density at radius 1 is 0.911 bits per heavy atom. The van der Waals surface area contributed by atoms with Gasteiger partial charge in [0, 0.05) is 36.4 Å². The summed E-state index contributed by atoms with van der Waals surface area (Å²) in [5, 5.41) is 5.65. The molecule has 7 rings (SSSR count). The van der Waals surface area contributed by atoms with Crippen LogP contribution in [0.15, 0.2) is 102 Å². The number of carbonyl (C=O) groups excluding carboxylic acids is 1. The quantitative estimate of drug-likeness (QED) is 0.137. The van der Waals surface area contributed by atoms with E-state index in [0.717, 1.165) is 16.5 Å². The number of aromatic nitrogens is 4. The molecule has 4 heterocycles. The van der Waals surface area contributed by atoms with E-state index in [1.807, 2.05) is 72.8 Å². The van der Waals surface area contributed by atoms with E-state index in [2.05, 4.69) is 15.1 Å². The minimum Gasteiger partial charge on any atom is -0.496 e. The Bertz CT molecular complexity index is 2090. The number of carbonyl (C=O) groups is 1. The number of nitrogens with zero attached hydrogens (tertiary/aromatic N) is 4. The fraction of sp³-hybridized carbons (Fsp3) is 0.118. The van der Waals surface area contributed by atoms with E-state index in [9.17, 15) is 4.79 Å². The molecular weight excluding hydrogens is 592 g/mol. The predicted octanol–water partition coefficient (Wildman–Crippen LogP) is 7.41. The summed E-state index contributed by atoms with van der Waals surface area (Å²) in [6.07, 6.45) is 3.56. The lowest BCUT2D eigenvalue weighted by Gasteiger charge is -2.10. The number of ether oxygens (including phenoxy) is 4. The third kappa shape index (κ3) is 6.06. The van der Waals surface area contributed by atoms with Crippen molar-refractivity contribution in [1.82, 2.24) is 19.6 Å². The zero-order valence-corrected chi connectivity index (χ0v) is 25.1. The van der Waals surface area contributed by atoms with Crippen molar-refractivity contribution in [2.75, 3.05) is 14.2 Å². The van der Waals surface area contributed by atoms with Crippen LogP contribution in [-0.2, 0) is 13.0 Å². The highest BCUT2D eigenvalue weighted by molar-refractivity contribution is 7.18. The Hall–Kier alpha value is -5.68. The molecule has 0 saturated heterocycles. The fourth-order valence-electron chi connectivity index (χ4n) is 4.82. The Labute approximate surface area is 261 Å². The number of pyridine rings is 1. The summed E-state index contributed by atoms with van der Waals surface area (Å²) in [4.78, 5) is 22.6. The third-order valence-electron chi connectivity index (χ3n) is 7.03. The van der Waals surface area contributed by atoms with Gasteiger partial charge in [0.2, 0.25) is 10.8 Å². The summed E-state index contributed by atoms with van der Waals surface area (Å²) in [5.74, 6) is 2.85. The lowest BCUT2D eigenvalue weighted by atomic mass is 10.0. The summed E-state index contributed by atoms with van der Waals surface area (Å²) in [5.41, 5.74) is 3.55. The molecule has 0 amide bonds. The molecule has 11 heteroatoms. The number of fused-ring (bicyclic) bond motifs is 2. The number of rotatable bonds is 11. The van der Waals surface area contributed by atoms with Crippen LogP contribution in [-0.4, -0.2) is 39.6 Å². The van der Waals surface area contributed by atoms with Crippen LogP contribution < -0.4 is 18.9 Å². The number of methoxy groups -OCH3 is 2. The monoisotopic (exact) mass is 618 g/mol. The third-order valence-corrected chi connectivity index (χ3v) is 7.92. The van der Waals surface area contributed by atoms with Crippen molar-refractivity contribution in [2.45, 2.75) is 13.0 Å². The fourth-order valence-corrected chi connectivity index (χ4v) is 5.52. The van der Waals surface area contributed by atoms with Gasteiger partial charge in [0.25, 0.3) is 5.19 Å². The van der Waals surface area contributed by atoms with Crippen LogP contribution in [0.1, 0.15) is 21.5 Å². The first-order valence-electron chi connectivity index (χ1n) is 14.0. The number of hydrogen-bond donors (Lipinski definition) is 0. The Morgan fingerprint density at radius 3 is 2.56 bits per heavy atom. The zero-order valence-electron chi connectivity index (χ0n) is 24.3. The summed E-state index contributed by atoms with van der Waals surface area (Å²) < 4.78 is 30.5. The molecule has 0 fully saturated rings. The van der Waals surface area contributed by atoms with Gasteiger partial charge < -0.3 is 23.4 Å². The summed E-state index contributed by atoms with van der Waals surface area (Å²) in [6, 6.07) is 26.1. The molecule has 0 unspecified atom stereocenters. The van der Waals surface area contributed by atoms with Crippen LogP contribution in [0.2, 0.25) is 0 Å². The van der Waals surface area contributed by atoms with E-state index in [4.69, 9.17) is 23.4 Å². The molecule has 0 N–H and O–H groups in total. The van der Waals surface area contributed by atoms with Gasteiger partial charge in [0.05, 0.1) is 25.8 Å². The first kappa shape index (κ1) is 28.1. The first-order chi connectivity index (χ1) is 22.0. The van der Waals surface area contributed by atoms with Gasteiger partial charge in [-0.2, -0.15) is 0 Å². The minimum atomic E-state index is -0.0416.